The van der Waals surface area contributed by atoms with Gasteiger partial charge in [0.15, 0.2) is 0 Å². The Bertz CT molecular complexity index is 91.8. The molecular formula is C6H14ClNO2. The Morgan fingerprint density at radius 1 is 1.60 bits per heavy atom. The number of methoxy groups -OCH3 is 1. The van der Waals surface area contributed by atoms with Gasteiger partial charge in [-0.2, -0.15) is 0 Å². The van der Waals surface area contributed by atoms with E-state index in [2.05, 4.69) is 0 Å². The highest BCUT2D eigenvalue weighted by molar-refractivity contribution is 5.85. The summed E-state index contributed by atoms with van der Waals surface area (Å²) in [7, 11) is 1.67. The monoisotopic (exact) mass is 167 g/mol. The Morgan fingerprint density at radius 3 is 2.70 bits per heavy atom. The average Bonchev–Trinajstić information content (AvgIpc) is 1.89. The molecule has 0 aromatic heterocycles. The van der Waals surface area contributed by atoms with Crippen LogP contribution in [0.25, 0.3) is 0 Å². The molecule has 2 N–H and O–H groups in total. The molecule has 0 amide bonds. The summed E-state index contributed by atoms with van der Waals surface area (Å²) in [6.07, 6.45) is 1.03. The van der Waals surface area contributed by atoms with Crippen molar-refractivity contribution in [2.24, 2.45) is 5.73 Å². The molecule has 1 aliphatic heterocycles. The molecule has 10 heavy (non-hydrogen) atoms. The first-order chi connectivity index (χ1) is 4.34. The lowest BCUT2D eigenvalue weighted by Gasteiger charge is -2.26. The van der Waals surface area contributed by atoms with Gasteiger partial charge in [0.1, 0.15) is 0 Å². The molecule has 1 rings (SSSR count). The van der Waals surface area contributed by atoms with Gasteiger partial charge in [0.25, 0.3) is 0 Å². The number of hydrogen-bond donors (Lipinski definition) is 1. The lowest BCUT2D eigenvalue weighted by Crippen LogP contribution is -2.43. The summed E-state index contributed by atoms with van der Waals surface area (Å²) < 4.78 is 10.2. The van der Waals surface area contributed by atoms with Gasteiger partial charge in [-0.1, -0.05) is 0 Å². The van der Waals surface area contributed by atoms with Gasteiger partial charge in [-0.15, -0.1) is 12.4 Å². The van der Waals surface area contributed by atoms with E-state index < -0.39 is 0 Å². The average molecular weight is 168 g/mol. The van der Waals surface area contributed by atoms with Crippen LogP contribution in [0.5, 0.6) is 0 Å². The Balaban J connectivity index is 0.000000810. The van der Waals surface area contributed by atoms with Crippen LogP contribution < -0.4 is 5.73 Å². The third-order valence-electron chi connectivity index (χ3n) is 1.66. The summed E-state index contributed by atoms with van der Waals surface area (Å²) in [5.74, 6) is 0. The van der Waals surface area contributed by atoms with Crippen LogP contribution in [0.4, 0.5) is 0 Å². The predicted molar refractivity (Wildman–Crippen MR) is 41.5 cm³/mol. The predicted octanol–water partition coefficient (Wildman–Crippen LogP) is 0.171. The van der Waals surface area contributed by atoms with Crippen LogP contribution in [0.3, 0.4) is 0 Å². The molecule has 0 spiro atoms. The Kier molecular flexibility index (Phi) is 4.99. The van der Waals surface area contributed by atoms with Crippen molar-refractivity contribution in [1.82, 2.24) is 0 Å². The van der Waals surface area contributed by atoms with Crippen molar-refractivity contribution in [3.63, 3.8) is 0 Å². The van der Waals surface area contributed by atoms with E-state index in [-0.39, 0.29) is 24.6 Å². The molecule has 0 bridgehead atoms. The minimum Gasteiger partial charge on any atom is -0.379 e. The Labute approximate surface area is 67.3 Å². The zero-order chi connectivity index (χ0) is 6.69. The summed E-state index contributed by atoms with van der Waals surface area (Å²) >= 11 is 0. The van der Waals surface area contributed by atoms with Crippen molar-refractivity contribution < 1.29 is 9.47 Å². The summed E-state index contributed by atoms with van der Waals surface area (Å²) in [4.78, 5) is 0. The van der Waals surface area contributed by atoms with Crippen LogP contribution in [-0.2, 0) is 9.47 Å². The van der Waals surface area contributed by atoms with Crippen LogP contribution in [0, 0.1) is 0 Å². The smallest absolute Gasteiger partial charge is 0.0955 e. The minimum atomic E-state index is 0. The standard InChI is InChI=1S/C6H13NO2.ClH/c1-8-6-4-9-3-2-5(6)7;/h5-6H,2-4,7H2,1H3;1H/t5-,6-;/m0./s1. The van der Waals surface area contributed by atoms with Gasteiger partial charge in [0.2, 0.25) is 0 Å². The second kappa shape index (κ2) is 4.91. The Morgan fingerprint density at radius 2 is 2.30 bits per heavy atom. The lowest BCUT2D eigenvalue weighted by atomic mass is 10.1. The topological polar surface area (TPSA) is 44.5 Å². The van der Waals surface area contributed by atoms with E-state index in [1.54, 1.807) is 7.11 Å². The molecule has 1 aliphatic rings. The van der Waals surface area contributed by atoms with E-state index in [9.17, 15) is 0 Å². The Hall–Kier alpha value is 0.170. The van der Waals surface area contributed by atoms with Crippen LogP contribution in [-0.4, -0.2) is 32.5 Å². The van der Waals surface area contributed by atoms with E-state index in [4.69, 9.17) is 15.2 Å². The van der Waals surface area contributed by atoms with Crippen molar-refractivity contribution in [2.45, 2.75) is 18.6 Å². The molecule has 4 heteroatoms. The normalized spacial score (nSPS) is 33.0. The highest BCUT2D eigenvalue weighted by Gasteiger charge is 2.21. The van der Waals surface area contributed by atoms with E-state index in [1.807, 2.05) is 0 Å². The van der Waals surface area contributed by atoms with Gasteiger partial charge < -0.3 is 15.2 Å². The molecule has 0 unspecified atom stereocenters. The molecule has 1 fully saturated rings. The maximum absolute atomic E-state index is 5.68. The van der Waals surface area contributed by atoms with Crippen molar-refractivity contribution in [3.8, 4) is 0 Å². The molecule has 1 heterocycles. The van der Waals surface area contributed by atoms with Gasteiger partial charge in [0.05, 0.1) is 12.7 Å². The third-order valence-corrected chi connectivity index (χ3v) is 1.66. The molecule has 0 saturated carbocycles. The first-order valence-electron chi connectivity index (χ1n) is 3.20. The van der Waals surface area contributed by atoms with Crippen LogP contribution in [0.2, 0.25) is 0 Å². The summed E-state index contributed by atoms with van der Waals surface area (Å²) in [6.45, 7) is 1.43. The molecule has 0 aromatic carbocycles. The first-order valence-corrected chi connectivity index (χ1v) is 3.20. The maximum atomic E-state index is 5.68. The molecule has 3 nitrogen and oxygen atoms in total. The molecule has 62 valence electrons. The fourth-order valence-corrected chi connectivity index (χ4v) is 0.971. The van der Waals surface area contributed by atoms with Gasteiger partial charge in [-0.25, -0.2) is 0 Å². The third kappa shape index (κ3) is 2.42. The molecule has 0 aromatic rings. The largest absolute Gasteiger partial charge is 0.379 e. The van der Waals surface area contributed by atoms with Crippen molar-refractivity contribution in [2.75, 3.05) is 20.3 Å². The zero-order valence-corrected chi connectivity index (χ0v) is 6.89. The van der Waals surface area contributed by atoms with Crippen LogP contribution in [0.1, 0.15) is 6.42 Å². The van der Waals surface area contributed by atoms with Crippen molar-refractivity contribution in [3.05, 3.63) is 0 Å². The van der Waals surface area contributed by atoms with Crippen molar-refractivity contribution in [1.29, 1.82) is 0 Å². The molecule has 0 radical (unpaired) electrons. The quantitative estimate of drug-likeness (QED) is 0.606. The highest BCUT2D eigenvalue weighted by atomic mass is 35.5. The lowest BCUT2D eigenvalue weighted by molar-refractivity contribution is -0.0411. The molecule has 0 aliphatic carbocycles. The second-order valence-electron chi connectivity index (χ2n) is 2.30. The van der Waals surface area contributed by atoms with E-state index in [1.165, 1.54) is 0 Å². The summed E-state index contributed by atoms with van der Waals surface area (Å²) in [5.41, 5.74) is 5.68. The fourth-order valence-electron chi connectivity index (χ4n) is 0.971. The number of nitrogens with two attached hydrogens (primary N) is 1. The van der Waals surface area contributed by atoms with Gasteiger partial charge >= 0.3 is 0 Å². The van der Waals surface area contributed by atoms with E-state index >= 15 is 0 Å². The van der Waals surface area contributed by atoms with E-state index in [0.29, 0.717) is 6.61 Å². The number of rotatable bonds is 1. The second-order valence-corrected chi connectivity index (χ2v) is 2.30. The number of hydrogen-bond acceptors (Lipinski definition) is 3. The minimum absolute atomic E-state index is 0. The number of ether oxygens (including phenoxy) is 2. The van der Waals surface area contributed by atoms with Gasteiger partial charge in [0, 0.05) is 19.8 Å². The number of halogens is 1. The van der Waals surface area contributed by atoms with Gasteiger partial charge in [-0.05, 0) is 6.42 Å². The molecular weight excluding hydrogens is 154 g/mol. The highest BCUT2D eigenvalue weighted by Crippen LogP contribution is 2.07. The molecule has 2 atom stereocenters. The zero-order valence-electron chi connectivity index (χ0n) is 6.08. The van der Waals surface area contributed by atoms with Crippen molar-refractivity contribution >= 4 is 12.4 Å². The molecule has 1 saturated heterocycles. The van der Waals surface area contributed by atoms with E-state index in [0.717, 1.165) is 13.0 Å². The SMILES string of the molecule is CO[C@H]1COCC[C@@H]1N.Cl. The van der Waals surface area contributed by atoms with Crippen LogP contribution >= 0.6 is 12.4 Å². The van der Waals surface area contributed by atoms with Gasteiger partial charge in [-0.3, -0.25) is 0 Å². The summed E-state index contributed by atoms with van der Waals surface area (Å²) in [6, 6.07) is 0.170. The fraction of sp³-hybridized carbons (Fsp3) is 1.00. The maximum Gasteiger partial charge on any atom is 0.0955 e. The summed E-state index contributed by atoms with van der Waals surface area (Å²) in [5, 5.41) is 0. The van der Waals surface area contributed by atoms with Crippen LogP contribution in [0.15, 0.2) is 0 Å². The first kappa shape index (κ1) is 10.2.